The van der Waals surface area contributed by atoms with E-state index in [9.17, 15) is 20.0 Å². The molecule has 0 bridgehead atoms. The quantitative estimate of drug-likeness (QED) is 0.400. The summed E-state index contributed by atoms with van der Waals surface area (Å²) in [5, 5.41) is 24.4. The van der Waals surface area contributed by atoms with Gasteiger partial charge in [0.05, 0.1) is 18.2 Å². The molecule has 9 nitrogen and oxygen atoms in total. The summed E-state index contributed by atoms with van der Waals surface area (Å²) in [4.78, 5) is 21.9. The number of methoxy groups -OCH3 is 1. The highest BCUT2D eigenvalue weighted by Crippen LogP contribution is 2.32. The second-order valence-corrected chi connectivity index (χ2v) is 5.77. The Labute approximate surface area is 156 Å². The summed E-state index contributed by atoms with van der Waals surface area (Å²) in [6.07, 6.45) is 1.09. The predicted octanol–water partition coefficient (Wildman–Crippen LogP) is 2.60. The Morgan fingerprint density at radius 3 is 2.73 bits per heavy atom. The minimum atomic E-state index is -0.725. The molecule has 0 saturated carbocycles. The molecule has 0 aromatic heterocycles. The van der Waals surface area contributed by atoms with Crippen molar-refractivity contribution in [3.8, 4) is 17.2 Å². The van der Waals surface area contributed by atoms with Gasteiger partial charge in [-0.15, -0.1) is 0 Å². The van der Waals surface area contributed by atoms with Crippen LogP contribution in [-0.2, 0) is 4.79 Å². The Morgan fingerprint density at radius 2 is 2.08 bits per heavy atom. The van der Waals surface area contributed by atoms with Crippen LogP contribution >= 0.6 is 15.9 Å². The number of nitro benzene ring substituents is 1. The van der Waals surface area contributed by atoms with Gasteiger partial charge in [0.1, 0.15) is 0 Å². The fourth-order valence-corrected chi connectivity index (χ4v) is 2.39. The van der Waals surface area contributed by atoms with E-state index in [1.165, 1.54) is 13.2 Å². The lowest BCUT2D eigenvalue weighted by atomic mass is 10.2. The van der Waals surface area contributed by atoms with E-state index in [1.54, 1.807) is 24.3 Å². The molecule has 0 unspecified atom stereocenters. The molecule has 0 heterocycles. The summed E-state index contributed by atoms with van der Waals surface area (Å²) in [6, 6.07) is 9.41. The van der Waals surface area contributed by atoms with E-state index < -0.39 is 22.3 Å². The third kappa shape index (κ3) is 4.93. The van der Waals surface area contributed by atoms with Crippen molar-refractivity contribution in [2.24, 2.45) is 5.10 Å². The summed E-state index contributed by atoms with van der Waals surface area (Å²) in [5.41, 5.74) is 1.79. The van der Waals surface area contributed by atoms with Crippen LogP contribution in [-0.4, -0.2) is 35.9 Å². The standard InChI is InChI=1S/C16H14BrN3O6/c1-25-13-4-2-3-5-14(13)26-9-15(21)19-18-8-10-6-11(17)7-12(16(10)22)20(23)24/h2-8,22H,9H2,1H3,(H,19,21)/b18-8+. The number of nitrogens with zero attached hydrogens (tertiary/aromatic N) is 2. The van der Waals surface area contributed by atoms with Crippen LogP contribution in [0.15, 0.2) is 46.0 Å². The smallest absolute Gasteiger partial charge is 0.312 e. The summed E-state index contributed by atoms with van der Waals surface area (Å²) >= 11 is 3.10. The van der Waals surface area contributed by atoms with Crippen LogP contribution < -0.4 is 14.9 Å². The van der Waals surface area contributed by atoms with Crippen LogP contribution in [0.4, 0.5) is 5.69 Å². The van der Waals surface area contributed by atoms with E-state index >= 15 is 0 Å². The summed E-state index contributed by atoms with van der Waals surface area (Å²) in [7, 11) is 1.48. The Hall–Kier alpha value is -3.14. The number of hydrogen-bond acceptors (Lipinski definition) is 7. The molecule has 26 heavy (non-hydrogen) atoms. The van der Waals surface area contributed by atoms with Gasteiger partial charge in [-0.05, 0) is 18.2 Å². The van der Waals surface area contributed by atoms with Gasteiger partial charge in [-0.1, -0.05) is 28.1 Å². The number of nitro groups is 1. The fraction of sp³-hybridized carbons (Fsp3) is 0.125. The number of hydrogen-bond donors (Lipinski definition) is 2. The molecule has 1 amide bonds. The van der Waals surface area contributed by atoms with Gasteiger partial charge in [0.2, 0.25) is 5.75 Å². The van der Waals surface area contributed by atoms with Crippen molar-refractivity contribution in [3.63, 3.8) is 0 Å². The lowest BCUT2D eigenvalue weighted by molar-refractivity contribution is -0.385. The number of benzene rings is 2. The molecule has 0 aliphatic carbocycles. The molecule has 0 saturated heterocycles. The zero-order valence-electron chi connectivity index (χ0n) is 13.5. The number of phenolic OH excluding ortho intramolecular Hbond substituents is 1. The highest BCUT2D eigenvalue weighted by Gasteiger charge is 2.17. The topological polar surface area (TPSA) is 123 Å². The molecule has 2 N–H and O–H groups in total. The normalized spacial score (nSPS) is 10.5. The third-order valence-corrected chi connectivity index (χ3v) is 3.56. The number of carbonyl (C=O) groups excluding carboxylic acids is 1. The Morgan fingerprint density at radius 1 is 1.38 bits per heavy atom. The molecule has 10 heteroatoms. The third-order valence-electron chi connectivity index (χ3n) is 3.10. The van der Waals surface area contributed by atoms with Crippen molar-refractivity contribution >= 4 is 33.7 Å². The zero-order valence-corrected chi connectivity index (χ0v) is 15.1. The maximum absolute atomic E-state index is 11.8. The van der Waals surface area contributed by atoms with Gasteiger partial charge in [0, 0.05) is 16.1 Å². The van der Waals surface area contributed by atoms with Crippen LogP contribution in [0.25, 0.3) is 0 Å². The summed E-state index contributed by atoms with van der Waals surface area (Å²) < 4.78 is 10.8. The van der Waals surface area contributed by atoms with Crippen LogP contribution in [0.5, 0.6) is 17.2 Å². The van der Waals surface area contributed by atoms with Crippen LogP contribution in [0.2, 0.25) is 0 Å². The number of phenols is 1. The van der Waals surface area contributed by atoms with Gasteiger partial charge < -0.3 is 14.6 Å². The maximum Gasteiger partial charge on any atom is 0.312 e. The largest absolute Gasteiger partial charge is 0.502 e. The van der Waals surface area contributed by atoms with Crippen molar-refractivity contribution in [2.75, 3.05) is 13.7 Å². The van der Waals surface area contributed by atoms with E-state index in [1.807, 2.05) is 0 Å². The lowest BCUT2D eigenvalue weighted by Gasteiger charge is -2.09. The Balaban J connectivity index is 1.98. The van der Waals surface area contributed by atoms with Gasteiger partial charge in [-0.25, -0.2) is 5.43 Å². The van der Waals surface area contributed by atoms with E-state index in [-0.39, 0.29) is 12.2 Å². The minimum Gasteiger partial charge on any atom is -0.502 e. The Bertz CT molecular complexity index is 856. The molecule has 2 aromatic rings. The maximum atomic E-state index is 11.8. The molecule has 0 aliphatic rings. The zero-order chi connectivity index (χ0) is 19.1. The minimum absolute atomic E-state index is 0.0667. The number of halogens is 1. The van der Waals surface area contributed by atoms with Gasteiger partial charge >= 0.3 is 5.69 Å². The van der Waals surface area contributed by atoms with E-state index in [0.717, 1.165) is 12.3 Å². The molecular weight excluding hydrogens is 410 g/mol. The number of para-hydroxylation sites is 2. The highest BCUT2D eigenvalue weighted by molar-refractivity contribution is 9.10. The van der Waals surface area contributed by atoms with E-state index in [2.05, 4.69) is 26.5 Å². The number of aromatic hydroxyl groups is 1. The van der Waals surface area contributed by atoms with Crippen molar-refractivity contribution in [2.45, 2.75) is 0 Å². The van der Waals surface area contributed by atoms with Gasteiger partial charge in [0.15, 0.2) is 18.1 Å². The Kier molecular flexibility index (Phi) is 6.50. The average molecular weight is 424 g/mol. The first-order valence-electron chi connectivity index (χ1n) is 7.17. The second kappa shape index (κ2) is 8.81. The van der Waals surface area contributed by atoms with Crippen LogP contribution in [0, 0.1) is 10.1 Å². The number of rotatable bonds is 7. The summed E-state index contributed by atoms with van der Waals surface area (Å²) in [6.45, 7) is -0.317. The molecule has 0 radical (unpaired) electrons. The number of ether oxygens (including phenoxy) is 2. The molecule has 2 rings (SSSR count). The predicted molar refractivity (Wildman–Crippen MR) is 96.7 cm³/mol. The first kappa shape index (κ1) is 19.2. The number of carbonyl (C=O) groups is 1. The molecule has 136 valence electrons. The number of hydrazone groups is 1. The SMILES string of the molecule is COc1ccccc1OCC(=O)N/N=C/c1cc(Br)cc([N+](=O)[O-])c1O. The van der Waals surface area contributed by atoms with Crippen molar-refractivity contribution in [1.29, 1.82) is 0 Å². The second-order valence-electron chi connectivity index (χ2n) is 4.85. The van der Waals surface area contributed by atoms with Gasteiger partial charge in [-0.2, -0.15) is 5.10 Å². The van der Waals surface area contributed by atoms with E-state index in [0.29, 0.717) is 16.0 Å². The van der Waals surface area contributed by atoms with Crippen LogP contribution in [0.3, 0.4) is 0 Å². The molecular formula is C16H14BrN3O6. The number of amides is 1. The molecule has 0 spiro atoms. The van der Waals surface area contributed by atoms with Gasteiger partial charge in [0.25, 0.3) is 5.91 Å². The highest BCUT2D eigenvalue weighted by atomic mass is 79.9. The first-order chi connectivity index (χ1) is 12.4. The van der Waals surface area contributed by atoms with E-state index in [4.69, 9.17) is 9.47 Å². The fourth-order valence-electron chi connectivity index (χ4n) is 1.93. The van der Waals surface area contributed by atoms with Crippen molar-refractivity contribution in [3.05, 3.63) is 56.5 Å². The monoisotopic (exact) mass is 423 g/mol. The van der Waals surface area contributed by atoms with Gasteiger partial charge in [-0.3, -0.25) is 14.9 Å². The molecule has 0 fully saturated rings. The molecule has 0 aliphatic heterocycles. The molecule has 2 aromatic carbocycles. The van der Waals surface area contributed by atoms with Crippen LogP contribution in [0.1, 0.15) is 5.56 Å². The van der Waals surface area contributed by atoms with Crippen molar-refractivity contribution < 1.29 is 24.3 Å². The number of nitrogens with one attached hydrogen (secondary N) is 1. The summed E-state index contributed by atoms with van der Waals surface area (Å²) in [5.74, 6) is -0.234. The first-order valence-corrected chi connectivity index (χ1v) is 7.96. The van der Waals surface area contributed by atoms with Crippen molar-refractivity contribution in [1.82, 2.24) is 5.43 Å². The molecule has 0 atom stereocenters. The lowest BCUT2D eigenvalue weighted by Crippen LogP contribution is -2.24. The average Bonchev–Trinajstić information content (AvgIpc) is 2.62.